The standard InChI is InChI=1S/C18H45B2N2O3P3S9/c1-16(2)13-23-26(29,32-19(21(7,8)9)34-27(30,35-19)24-14-17(3)4)33-20(22(10,11)12)36-28(31,37-20)25-15-18(5)6/h16-18H,13-15H2,1-12H3. The van der Waals surface area contributed by atoms with Gasteiger partial charge in [-0.25, -0.2) is 67.4 Å². The van der Waals surface area contributed by atoms with Gasteiger partial charge in [-0.2, -0.15) is 0 Å². The van der Waals surface area contributed by atoms with Crippen LogP contribution < -0.4 is 0 Å². The largest absolute Gasteiger partial charge is 0.494 e. The van der Waals surface area contributed by atoms with Gasteiger partial charge in [0.05, 0.1) is 19.8 Å². The van der Waals surface area contributed by atoms with E-state index in [-0.39, 0.29) is 0 Å². The van der Waals surface area contributed by atoms with Gasteiger partial charge >= 0.3 is 8.23 Å². The SMILES string of the molecule is CC(C)COP1(=S)S[B-](SP(=S)(OCC(C)C)S[B-]2([N+](C)(C)C)SP(=S)(OCC(C)C)S2)([N+](C)(C)C)S1. The molecule has 2 rings (SSSR count). The molecule has 37 heavy (non-hydrogen) atoms. The second-order valence-corrected chi connectivity index (χ2v) is 47.0. The van der Waals surface area contributed by atoms with Gasteiger partial charge in [0, 0.05) is 42.3 Å². The van der Waals surface area contributed by atoms with Crippen LogP contribution in [0.4, 0.5) is 0 Å². The Balaban J connectivity index is 2.36. The molecule has 220 valence electrons. The monoisotopic (exact) mass is 740 g/mol. The fraction of sp³-hybridized carbons (Fsp3) is 1.00. The molecule has 2 saturated heterocycles. The molecule has 0 radical (unpaired) electrons. The van der Waals surface area contributed by atoms with E-state index in [1.54, 1.807) is 0 Å². The molecule has 19 heteroatoms. The maximum Gasteiger partial charge on any atom is 0.393 e. The molecule has 0 spiro atoms. The predicted octanol–water partition coefficient (Wildman–Crippen LogP) is 9.39. The molecule has 5 nitrogen and oxygen atoms in total. The maximum atomic E-state index is 6.76. The van der Waals surface area contributed by atoms with E-state index in [0.717, 1.165) is 8.79 Å². The zero-order valence-corrected chi connectivity index (χ0v) is 34.2. The molecule has 0 bridgehead atoms. The maximum absolute atomic E-state index is 6.76. The Kier molecular flexibility index (Phi) is 13.6. The summed E-state index contributed by atoms with van der Waals surface area (Å²) in [4.78, 5) is 0. The van der Waals surface area contributed by atoms with E-state index in [1.165, 1.54) is 0 Å². The second kappa shape index (κ2) is 13.5. The highest BCUT2D eigenvalue weighted by Gasteiger charge is 2.63. The average molecular weight is 741 g/mol. The first kappa shape index (κ1) is 37.2. The number of rotatable bonds is 15. The van der Waals surface area contributed by atoms with Crippen LogP contribution in [0.3, 0.4) is 0 Å². The quantitative estimate of drug-likeness (QED) is 0.118. The molecule has 0 saturated carbocycles. The minimum absolute atomic E-state index is 0.409. The highest BCUT2D eigenvalue weighted by atomic mass is 33.3. The molecule has 0 aromatic carbocycles. The van der Waals surface area contributed by atoms with Crippen molar-refractivity contribution in [3.8, 4) is 0 Å². The molecule has 2 aliphatic heterocycles. The number of hydrogen-bond acceptors (Lipinski definition) is 12. The lowest BCUT2D eigenvalue weighted by Crippen LogP contribution is -2.59. The van der Waals surface area contributed by atoms with Gasteiger partial charge in [0.25, 0.3) is 0 Å². The third-order valence-electron chi connectivity index (χ3n) is 5.17. The summed E-state index contributed by atoms with van der Waals surface area (Å²) < 4.78 is 12.4. The third kappa shape index (κ3) is 9.99. The van der Waals surface area contributed by atoms with Gasteiger partial charge in [-0.15, -0.1) is 0 Å². The van der Waals surface area contributed by atoms with E-state index in [2.05, 4.69) is 83.8 Å². The van der Waals surface area contributed by atoms with Crippen LogP contribution in [-0.2, 0) is 49.0 Å². The van der Waals surface area contributed by atoms with Crippen LogP contribution in [0.2, 0.25) is 0 Å². The Hall–Kier alpha value is 3.98. The summed E-state index contributed by atoms with van der Waals surface area (Å²) >= 11 is 30.0. The van der Waals surface area contributed by atoms with Gasteiger partial charge in [0.1, 0.15) is 14.0 Å². The van der Waals surface area contributed by atoms with Crippen molar-refractivity contribution in [3.63, 3.8) is 0 Å². The lowest BCUT2D eigenvalue weighted by atomic mass is 10.2. The van der Waals surface area contributed by atoms with Crippen molar-refractivity contribution >= 4 is 125 Å². The first-order valence-electron chi connectivity index (χ1n) is 12.4. The minimum atomic E-state index is -2.39. The molecule has 0 aliphatic carbocycles. The predicted molar refractivity (Wildman–Crippen MR) is 198 cm³/mol. The molecular weight excluding hydrogens is 695 g/mol. The normalized spacial score (nSPS) is 34.5. The molecule has 0 unspecified atom stereocenters. The second-order valence-electron chi connectivity index (χ2n) is 12.5. The molecular formula is C18H45B2N2O3P3S9. The van der Waals surface area contributed by atoms with Crippen LogP contribution in [0.25, 0.3) is 0 Å². The van der Waals surface area contributed by atoms with E-state index in [0.29, 0.717) is 37.6 Å². The van der Waals surface area contributed by atoms with E-state index in [9.17, 15) is 0 Å². The third-order valence-corrected chi connectivity index (χ3v) is 44.4. The van der Waals surface area contributed by atoms with Gasteiger partial charge in [-0.1, -0.05) is 77.0 Å². The highest BCUT2D eigenvalue weighted by Crippen LogP contribution is 2.98. The Labute approximate surface area is 266 Å². The van der Waals surface area contributed by atoms with Gasteiger partial charge in [0.15, 0.2) is 0 Å². The average Bonchev–Trinajstić information content (AvgIpc) is 2.65. The minimum Gasteiger partial charge on any atom is -0.494 e. The molecule has 0 N–H and O–H groups in total. The van der Waals surface area contributed by atoms with Crippen LogP contribution >= 0.6 is 81.4 Å². The van der Waals surface area contributed by atoms with E-state index < -0.39 is 22.2 Å². The molecule has 2 aliphatic rings. The summed E-state index contributed by atoms with van der Waals surface area (Å²) in [7, 11) is 13.5. The Morgan fingerprint density at radius 1 is 0.676 bits per heavy atom. The zero-order valence-electron chi connectivity index (χ0n) is 24.1. The number of hydrogen-bond donors (Lipinski definition) is 0. The first-order chi connectivity index (χ1) is 16.5. The summed E-state index contributed by atoms with van der Waals surface area (Å²) in [5, 5.41) is 0. The lowest BCUT2D eigenvalue weighted by molar-refractivity contribution is -0.757. The fourth-order valence-electron chi connectivity index (χ4n) is 2.85. The Morgan fingerprint density at radius 3 is 1.22 bits per heavy atom. The van der Waals surface area contributed by atoms with Crippen LogP contribution in [0.5, 0.6) is 0 Å². The highest BCUT2D eigenvalue weighted by molar-refractivity contribution is 9.40. The molecule has 2 fully saturated rings. The summed E-state index contributed by atoms with van der Waals surface area (Å²) in [5.74, 6) is 1.35. The summed E-state index contributed by atoms with van der Waals surface area (Å²) in [6, 6.07) is 0. The zero-order chi connectivity index (χ0) is 28.7. The van der Waals surface area contributed by atoms with Crippen LogP contribution in [0.1, 0.15) is 41.5 Å². The van der Waals surface area contributed by atoms with Crippen LogP contribution in [0, 0.1) is 17.8 Å². The Bertz CT molecular complexity index is 877. The van der Waals surface area contributed by atoms with Gasteiger partial charge in [-0.3, -0.25) is 0 Å². The first-order valence-corrected chi connectivity index (χ1v) is 29.4. The van der Waals surface area contributed by atoms with Crippen molar-refractivity contribution in [3.05, 3.63) is 0 Å². The Morgan fingerprint density at radius 2 is 0.973 bits per heavy atom. The van der Waals surface area contributed by atoms with E-state index in [4.69, 9.17) is 49.0 Å². The van der Waals surface area contributed by atoms with Crippen molar-refractivity contribution in [2.24, 2.45) is 17.8 Å². The number of quaternary nitrogens is 2. The van der Waals surface area contributed by atoms with Crippen molar-refractivity contribution < 1.29 is 22.4 Å². The fourth-order valence-corrected chi connectivity index (χ4v) is 63.7. The van der Waals surface area contributed by atoms with Crippen LogP contribution in [-0.4, -0.2) is 79.1 Å². The van der Waals surface area contributed by atoms with Crippen molar-refractivity contribution in [1.82, 2.24) is 0 Å². The van der Waals surface area contributed by atoms with Gasteiger partial charge in [0.2, 0.25) is 0 Å². The number of nitrogens with zero attached hydrogens (tertiary/aromatic N) is 2. The van der Waals surface area contributed by atoms with E-state index in [1.807, 2.05) is 67.4 Å². The molecule has 0 atom stereocenters. The van der Waals surface area contributed by atoms with Crippen molar-refractivity contribution in [2.75, 3.05) is 62.1 Å². The molecule has 2 heterocycles. The van der Waals surface area contributed by atoms with E-state index >= 15 is 0 Å². The van der Waals surface area contributed by atoms with Gasteiger partial charge < -0.3 is 22.4 Å². The summed E-state index contributed by atoms with van der Waals surface area (Å²) in [6.45, 7) is 15.1. The summed E-state index contributed by atoms with van der Waals surface area (Å²) in [5.41, 5.74) is 0. The van der Waals surface area contributed by atoms with Gasteiger partial charge in [-0.05, 0) is 17.8 Å². The summed E-state index contributed by atoms with van der Waals surface area (Å²) in [6.07, 6.45) is 0. The van der Waals surface area contributed by atoms with Crippen LogP contribution in [0.15, 0.2) is 0 Å². The van der Waals surface area contributed by atoms with Crippen molar-refractivity contribution in [2.45, 2.75) is 41.5 Å². The molecule has 0 aromatic rings. The smallest absolute Gasteiger partial charge is 0.393 e. The topological polar surface area (TPSA) is 27.7 Å². The molecule has 0 aromatic heterocycles. The lowest BCUT2D eigenvalue weighted by Gasteiger charge is -2.64. The van der Waals surface area contributed by atoms with Crippen molar-refractivity contribution in [1.29, 1.82) is 0 Å². The molecule has 0 amide bonds.